The highest BCUT2D eigenvalue weighted by molar-refractivity contribution is 5.28. The second-order valence-corrected chi connectivity index (χ2v) is 3.47. The van der Waals surface area contributed by atoms with Crippen LogP contribution in [0.15, 0.2) is 0 Å². The van der Waals surface area contributed by atoms with Crippen molar-refractivity contribution in [1.82, 2.24) is 14.8 Å². The van der Waals surface area contributed by atoms with Crippen molar-refractivity contribution in [1.29, 1.82) is 0 Å². The molecule has 1 aliphatic rings. The minimum absolute atomic E-state index is 0.464. The molecule has 1 aromatic heterocycles. The SMILES string of the molecule is CC(C)c1nnc2n1CCCN2. The molecule has 0 amide bonds. The highest BCUT2D eigenvalue weighted by Crippen LogP contribution is 2.19. The van der Waals surface area contributed by atoms with Gasteiger partial charge in [-0.2, -0.15) is 0 Å². The highest BCUT2D eigenvalue weighted by atomic mass is 15.4. The molecular formula is C8H14N4. The summed E-state index contributed by atoms with van der Waals surface area (Å²) in [6.45, 7) is 6.37. The Balaban J connectivity index is 2.38. The van der Waals surface area contributed by atoms with E-state index >= 15 is 0 Å². The zero-order valence-electron chi connectivity index (χ0n) is 7.54. The first-order valence-corrected chi connectivity index (χ1v) is 4.46. The maximum atomic E-state index is 4.15. The molecule has 2 rings (SSSR count). The first kappa shape index (κ1) is 7.58. The number of anilines is 1. The Morgan fingerprint density at radius 2 is 2.25 bits per heavy atom. The van der Waals surface area contributed by atoms with E-state index in [-0.39, 0.29) is 0 Å². The Kier molecular flexibility index (Phi) is 1.75. The van der Waals surface area contributed by atoms with Crippen molar-refractivity contribution in [3.8, 4) is 0 Å². The van der Waals surface area contributed by atoms with Crippen molar-refractivity contribution in [2.75, 3.05) is 11.9 Å². The van der Waals surface area contributed by atoms with Crippen LogP contribution in [0.1, 0.15) is 32.0 Å². The lowest BCUT2D eigenvalue weighted by molar-refractivity contribution is 0.580. The summed E-state index contributed by atoms with van der Waals surface area (Å²) in [6.07, 6.45) is 1.17. The third-order valence-corrected chi connectivity index (χ3v) is 2.14. The summed E-state index contributed by atoms with van der Waals surface area (Å²) in [7, 11) is 0. The molecule has 0 spiro atoms. The molecule has 0 bridgehead atoms. The first-order chi connectivity index (χ1) is 5.79. The molecule has 4 heteroatoms. The van der Waals surface area contributed by atoms with Gasteiger partial charge < -0.3 is 5.32 Å². The lowest BCUT2D eigenvalue weighted by atomic mass is 10.2. The van der Waals surface area contributed by atoms with E-state index in [9.17, 15) is 0 Å². The molecule has 4 nitrogen and oxygen atoms in total. The van der Waals surface area contributed by atoms with Gasteiger partial charge in [0.2, 0.25) is 5.95 Å². The normalized spacial score (nSPS) is 15.9. The second-order valence-electron chi connectivity index (χ2n) is 3.47. The largest absolute Gasteiger partial charge is 0.354 e. The average Bonchev–Trinajstić information content (AvgIpc) is 2.47. The van der Waals surface area contributed by atoms with Crippen molar-refractivity contribution in [3.63, 3.8) is 0 Å². The Morgan fingerprint density at radius 1 is 1.42 bits per heavy atom. The average molecular weight is 166 g/mol. The third kappa shape index (κ3) is 1.07. The molecule has 0 saturated carbocycles. The van der Waals surface area contributed by atoms with Crippen LogP contribution in [0.5, 0.6) is 0 Å². The van der Waals surface area contributed by atoms with Crippen LogP contribution in [0.4, 0.5) is 5.95 Å². The summed E-state index contributed by atoms with van der Waals surface area (Å²) >= 11 is 0. The number of hydrogen-bond acceptors (Lipinski definition) is 3. The summed E-state index contributed by atoms with van der Waals surface area (Å²) in [5.74, 6) is 2.49. The molecule has 1 N–H and O–H groups in total. The van der Waals surface area contributed by atoms with Gasteiger partial charge in [0.25, 0.3) is 0 Å². The molecule has 0 aliphatic carbocycles. The predicted molar refractivity (Wildman–Crippen MR) is 47.2 cm³/mol. The Morgan fingerprint density at radius 3 is 3.00 bits per heavy atom. The molecule has 2 heterocycles. The van der Waals surface area contributed by atoms with Gasteiger partial charge in [0.1, 0.15) is 5.82 Å². The molecule has 1 aliphatic heterocycles. The number of nitrogens with zero attached hydrogens (tertiary/aromatic N) is 3. The molecule has 0 unspecified atom stereocenters. The number of fused-ring (bicyclic) bond motifs is 1. The fourth-order valence-electron chi connectivity index (χ4n) is 1.53. The van der Waals surface area contributed by atoms with E-state index in [1.54, 1.807) is 0 Å². The van der Waals surface area contributed by atoms with E-state index in [4.69, 9.17) is 0 Å². The number of aromatic nitrogens is 3. The van der Waals surface area contributed by atoms with Gasteiger partial charge in [-0.1, -0.05) is 13.8 Å². The van der Waals surface area contributed by atoms with Gasteiger partial charge in [-0.05, 0) is 6.42 Å². The number of rotatable bonds is 1. The Labute approximate surface area is 72.0 Å². The van der Waals surface area contributed by atoms with Crippen LogP contribution in [0.3, 0.4) is 0 Å². The summed E-state index contributed by atoms with van der Waals surface area (Å²) < 4.78 is 2.17. The zero-order chi connectivity index (χ0) is 8.55. The van der Waals surface area contributed by atoms with Gasteiger partial charge in [0.15, 0.2) is 0 Å². The summed E-state index contributed by atoms with van der Waals surface area (Å²) in [4.78, 5) is 0. The van der Waals surface area contributed by atoms with Gasteiger partial charge >= 0.3 is 0 Å². The van der Waals surface area contributed by atoms with Crippen LogP contribution in [-0.4, -0.2) is 21.3 Å². The Bertz CT molecular complexity index is 277. The highest BCUT2D eigenvalue weighted by Gasteiger charge is 2.16. The molecule has 0 fully saturated rings. The molecule has 0 saturated heterocycles. The van der Waals surface area contributed by atoms with Gasteiger partial charge in [-0.3, -0.25) is 4.57 Å². The van der Waals surface area contributed by atoms with Crippen LogP contribution >= 0.6 is 0 Å². The van der Waals surface area contributed by atoms with Crippen LogP contribution in [-0.2, 0) is 6.54 Å². The summed E-state index contributed by atoms with van der Waals surface area (Å²) in [5.41, 5.74) is 0. The number of hydrogen-bond donors (Lipinski definition) is 1. The van der Waals surface area contributed by atoms with Gasteiger partial charge in [-0.15, -0.1) is 10.2 Å². The van der Waals surface area contributed by atoms with E-state index < -0.39 is 0 Å². The first-order valence-electron chi connectivity index (χ1n) is 4.46. The summed E-state index contributed by atoms with van der Waals surface area (Å²) in [5, 5.41) is 11.5. The van der Waals surface area contributed by atoms with E-state index in [1.807, 2.05) is 0 Å². The van der Waals surface area contributed by atoms with Crippen LogP contribution in [0.2, 0.25) is 0 Å². The van der Waals surface area contributed by atoms with Gasteiger partial charge in [0.05, 0.1) is 0 Å². The van der Waals surface area contributed by atoms with Crippen LogP contribution in [0.25, 0.3) is 0 Å². The zero-order valence-corrected chi connectivity index (χ0v) is 7.54. The summed E-state index contributed by atoms with van der Waals surface area (Å²) in [6, 6.07) is 0. The van der Waals surface area contributed by atoms with Crippen molar-refractivity contribution in [3.05, 3.63) is 5.82 Å². The van der Waals surface area contributed by atoms with Crippen LogP contribution in [0, 0.1) is 0 Å². The van der Waals surface area contributed by atoms with Crippen molar-refractivity contribution < 1.29 is 0 Å². The standard InChI is InChI=1S/C8H14N4/c1-6(2)7-10-11-8-9-4-3-5-12(7)8/h6H,3-5H2,1-2H3,(H,9,11). The quantitative estimate of drug-likeness (QED) is 0.682. The van der Waals surface area contributed by atoms with Crippen LogP contribution < -0.4 is 5.32 Å². The van der Waals surface area contributed by atoms with Crippen molar-refractivity contribution in [2.45, 2.75) is 32.7 Å². The Hall–Kier alpha value is -1.06. The minimum Gasteiger partial charge on any atom is -0.354 e. The van der Waals surface area contributed by atoms with Gasteiger partial charge in [-0.25, -0.2) is 0 Å². The molecule has 0 aromatic carbocycles. The van der Waals surface area contributed by atoms with E-state index in [0.29, 0.717) is 5.92 Å². The van der Waals surface area contributed by atoms with E-state index in [0.717, 1.165) is 24.9 Å². The molecule has 0 atom stereocenters. The molecule has 66 valence electrons. The molecule has 12 heavy (non-hydrogen) atoms. The third-order valence-electron chi connectivity index (χ3n) is 2.14. The topological polar surface area (TPSA) is 42.7 Å². The fourth-order valence-corrected chi connectivity index (χ4v) is 1.53. The maximum Gasteiger partial charge on any atom is 0.224 e. The smallest absolute Gasteiger partial charge is 0.224 e. The second kappa shape index (κ2) is 2.77. The van der Waals surface area contributed by atoms with E-state index in [2.05, 4.69) is 33.9 Å². The maximum absolute atomic E-state index is 4.15. The molecular weight excluding hydrogens is 152 g/mol. The van der Waals surface area contributed by atoms with Gasteiger partial charge in [0, 0.05) is 19.0 Å². The fraction of sp³-hybridized carbons (Fsp3) is 0.750. The monoisotopic (exact) mass is 166 g/mol. The van der Waals surface area contributed by atoms with Crippen molar-refractivity contribution in [2.24, 2.45) is 0 Å². The molecule has 0 radical (unpaired) electrons. The lowest BCUT2D eigenvalue weighted by Gasteiger charge is -2.17. The van der Waals surface area contributed by atoms with E-state index in [1.165, 1.54) is 6.42 Å². The predicted octanol–water partition coefficient (Wildman–Crippen LogP) is 1.22. The van der Waals surface area contributed by atoms with Crippen molar-refractivity contribution >= 4 is 5.95 Å². The molecule has 1 aromatic rings. The number of nitrogens with one attached hydrogen (secondary N) is 1. The lowest BCUT2D eigenvalue weighted by Crippen LogP contribution is -2.19. The minimum atomic E-state index is 0.464.